The second-order valence-electron chi connectivity index (χ2n) is 5.83. The predicted molar refractivity (Wildman–Crippen MR) is 90.1 cm³/mol. The molecule has 0 aromatic heterocycles. The molecule has 0 unspecified atom stereocenters. The van der Waals surface area contributed by atoms with Gasteiger partial charge in [-0.05, 0) is 30.5 Å². The molecular formula is C16H23ClN4O. The van der Waals surface area contributed by atoms with Crippen molar-refractivity contribution in [2.75, 3.05) is 27.7 Å². The van der Waals surface area contributed by atoms with E-state index in [4.69, 9.17) is 11.6 Å². The number of hydrogen-bond donors (Lipinski definition) is 1. The second kappa shape index (κ2) is 7.49. The van der Waals surface area contributed by atoms with Gasteiger partial charge in [-0.1, -0.05) is 23.7 Å². The number of likely N-dealkylation sites (N-methyl/N-ethyl adjacent to an activating group) is 1. The van der Waals surface area contributed by atoms with Crippen molar-refractivity contribution in [3.63, 3.8) is 0 Å². The van der Waals surface area contributed by atoms with E-state index in [1.54, 1.807) is 19.0 Å². The molecule has 0 saturated heterocycles. The summed E-state index contributed by atoms with van der Waals surface area (Å²) in [6, 6.07) is 8.24. The number of amides is 1. The van der Waals surface area contributed by atoms with Crippen molar-refractivity contribution in [3.8, 4) is 0 Å². The molecule has 1 N–H and O–H groups in total. The lowest BCUT2D eigenvalue weighted by atomic mass is 10.2. The van der Waals surface area contributed by atoms with Gasteiger partial charge in [0.25, 0.3) is 0 Å². The summed E-state index contributed by atoms with van der Waals surface area (Å²) in [5.74, 6) is 0.766. The summed E-state index contributed by atoms with van der Waals surface area (Å²) in [6.07, 6.45) is 2.32. The number of hydrogen-bond acceptors (Lipinski definition) is 2. The van der Waals surface area contributed by atoms with Gasteiger partial charge in [0.05, 0.1) is 0 Å². The van der Waals surface area contributed by atoms with Crippen LogP contribution in [0.5, 0.6) is 0 Å². The van der Waals surface area contributed by atoms with Gasteiger partial charge in [0.2, 0.25) is 5.91 Å². The summed E-state index contributed by atoms with van der Waals surface area (Å²) < 4.78 is 0. The summed E-state index contributed by atoms with van der Waals surface area (Å²) in [7, 11) is 5.45. The molecule has 6 heteroatoms. The van der Waals surface area contributed by atoms with Gasteiger partial charge in [-0.25, -0.2) is 4.99 Å². The fourth-order valence-corrected chi connectivity index (χ4v) is 2.04. The first-order chi connectivity index (χ1) is 10.5. The van der Waals surface area contributed by atoms with Gasteiger partial charge >= 0.3 is 0 Å². The molecule has 2 rings (SSSR count). The smallest absolute Gasteiger partial charge is 0.243 e. The van der Waals surface area contributed by atoms with Crippen LogP contribution >= 0.6 is 11.6 Å². The monoisotopic (exact) mass is 322 g/mol. The number of carbonyl (C=O) groups is 1. The summed E-state index contributed by atoms with van der Waals surface area (Å²) in [5, 5.41) is 4.13. The van der Waals surface area contributed by atoms with E-state index in [-0.39, 0.29) is 12.5 Å². The van der Waals surface area contributed by atoms with Crippen LogP contribution in [0.3, 0.4) is 0 Å². The number of nitrogens with one attached hydrogen (secondary N) is 1. The number of nitrogens with zero attached hydrogens (tertiary/aromatic N) is 3. The number of guanidine groups is 1. The van der Waals surface area contributed by atoms with Crippen LogP contribution in [0.25, 0.3) is 0 Å². The zero-order valence-electron chi connectivity index (χ0n) is 13.3. The first-order valence-electron chi connectivity index (χ1n) is 7.42. The molecule has 1 aromatic rings. The highest BCUT2D eigenvalue weighted by Gasteiger charge is 2.24. The van der Waals surface area contributed by atoms with Crippen LogP contribution in [-0.4, -0.2) is 55.4 Å². The standard InChI is InChI=1S/C16H23ClN4O/c1-20(2)15(22)10-18-16(19-14-8-9-14)21(3)11-12-4-6-13(17)7-5-12/h4-7,14H,8-11H2,1-3H3,(H,18,19). The molecule has 0 radical (unpaired) electrons. The third-order valence-electron chi connectivity index (χ3n) is 3.47. The van der Waals surface area contributed by atoms with Gasteiger partial charge in [-0.15, -0.1) is 0 Å². The molecule has 22 heavy (non-hydrogen) atoms. The molecule has 1 aliphatic rings. The minimum atomic E-state index is -0.00464. The van der Waals surface area contributed by atoms with E-state index in [1.807, 2.05) is 36.2 Å². The Balaban J connectivity index is 2.01. The quantitative estimate of drug-likeness (QED) is 0.666. The lowest BCUT2D eigenvalue weighted by molar-refractivity contribution is -0.127. The van der Waals surface area contributed by atoms with Crippen molar-refractivity contribution in [2.45, 2.75) is 25.4 Å². The van der Waals surface area contributed by atoms with Crippen LogP contribution in [0.15, 0.2) is 29.3 Å². The van der Waals surface area contributed by atoms with E-state index < -0.39 is 0 Å². The topological polar surface area (TPSA) is 47.9 Å². The molecule has 0 heterocycles. The molecule has 1 aliphatic carbocycles. The fourth-order valence-electron chi connectivity index (χ4n) is 1.91. The summed E-state index contributed by atoms with van der Waals surface area (Å²) in [4.78, 5) is 19.8. The van der Waals surface area contributed by atoms with Gasteiger partial charge in [-0.3, -0.25) is 4.79 Å². The van der Waals surface area contributed by atoms with Crippen molar-refractivity contribution < 1.29 is 4.79 Å². The van der Waals surface area contributed by atoms with Crippen LogP contribution < -0.4 is 5.32 Å². The Hall–Kier alpha value is -1.75. The Labute approximate surface area is 137 Å². The Kier molecular flexibility index (Phi) is 5.66. The predicted octanol–water partition coefficient (Wildman–Crippen LogP) is 1.97. The molecule has 0 aliphatic heterocycles. The third-order valence-corrected chi connectivity index (χ3v) is 3.72. The maximum atomic E-state index is 11.7. The van der Waals surface area contributed by atoms with Crippen LogP contribution in [0.2, 0.25) is 5.02 Å². The summed E-state index contributed by atoms with van der Waals surface area (Å²) >= 11 is 5.91. The fraction of sp³-hybridized carbons (Fsp3) is 0.500. The molecule has 5 nitrogen and oxygen atoms in total. The largest absolute Gasteiger partial charge is 0.353 e. The van der Waals surface area contributed by atoms with E-state index in [9.17, 15) is 4.79 Å². The summed E-state index contributed by atoms with van der Waals surface area (Å²) in [5.41, 5.74) is 1.15. The number of halogens is 1. The highest BCUT2D eigenvalue weighted by molar-refractivity contribution is 6.30. The average Bonchev–Trinajstić information content (AvgIpc) is 3.29. The van der Waals surface area contributed by atoms with Crippen molar-refractivity contribution in [2.24, 2.45) is 4.99 Å². The molecule has 1 saturated carbocycles. The highest BCUT2D eigenvalue weighted by atomic mass is 35.5. The molecule has 0 atom stereocenters. The normalized spacial score (nSPS) is 14.6. The Morgan fingerprint density at radius 1 is 1.27 bits per heavy atom. The lowest BCUT2D eigenvalue weighted by Crippen LogP contribution is -2.40. The van der Waals surface area contributed by atoms with Gasteiger partial charge in [0.15, 0.2) is 5.96 Å². The number of benzene rings is 1. The Bertz CT molecular complexity index is 538. The van der Waals surface area contributed by atoms with Gasteiger partial charge in [-0.2, -0.15) is 0 Å². The maximum Gasteiger partial charge on any atom is 0.243 e. The Morgan fingerprint density at radius 2 is 1.91 bits per heavy atom. The van der Waals surface area contributed by atoms with E-state index in [2.05, 4.69) is 10.3 Å². The molecule has 0 spiro atoms. The molecule has 1 fully saturated rings. The van der Waals surface area contributed by atoms with E-state index >= 15 is 0 Å². The van der Waals surface area contributed by atoms with Crippen LogP contribution in [0, 0.1) is 0 Å². The molecule has 0 bridgehead atoms. The lowest BCUT2D eigenvalue weighted by Gasteiger charge is -2.23. The first-order valence-corrected chi connectivity index (χ1v) is 7.80. The van der Waals surface area contributed by atoms with Gasteiger partial charge in [0.1, 0.15) is 6.54 Å². The van der Waals surface area contributed by atoms with Crippen molar-refractivity contribution in [3.05, 3.63) is 34.9 Å². The van der Waals surface area contributed by atoms with Crippen LogP contribution in [0.1, 0.15) is 18.4 Å². The number of aliphatic imine (C=N–C) groups is 1. The molecule has 120 valence electrons. The number of rotatable bonds is 5. The van der Waals surface area contributed by atoms with Gasteiger partial charge < -0.3 is 15.1 Å². The zero-order valence-corrected chi connectivity index (χ0v) is 14.1. The van der Waals surface area contributed by atoms with Gasteiger partial charge in [0, 0.05) is 38.8 Å². The highest BCUT2D eigenvalue weighted by Crippen LogP contribution is 2.19. The van der Waals surface area contributed by atoms with Crippen molar-refractivity contribution in [1.82, 2.24) is 15.1 Å². The molecule has 1 aromatic carbocycles. The van der Waals surface area contributed by atoms with Crippen LogP contribution in [-0.2, 0) is 11.3 Å². The minimum absolute atomic E-state index is 0.00464. The number of carbonyl (C=O) groups excluding carboxylic acids is 1. The first kappa shape index (κ1) is 16.6. The molecule has 1 amide bonds. The maximum absolute atomic E-state index is 11.7. The average molecular weight is 323 g/mol. The van der Waals surface area contributed by atoms with Crippen LogP contribution in [0.4, 0.5) is 0 Å². The van der Waals surface area contributed by atoms with Crippen molar-refractivity contribution >= 4 is 23.5 Å². The second-order valence-corrected chi connectivity index (χ2v) is 6.27. The van der Waals surface area contributed by atoms with E-state index in [0.29, 0.717) is 12.6 Å². The third kappa shape index (κ3) is 5.22. The summed E-state index contributed by atoms with van der Waals surface area (Å²) in [6.45, 7) is 0.874. The van der Waals surface area contributed by atoms with Crippen molar-refractivity contribution in [1.29, 1.82) is 0 Å². The minimum Gasteiger partial charge on any atom is -0.353 e. The Morgan fingerprint density at radius 3 is 2.45 bits per heavy atom. The SMILES string of the molecule is CN(C)C(=O)CN=C(NC1CC1)N(C)Cc1ccc(Cl)cc1. The zero-order chi connectivity index (χ0) is 16.1. The van der Waals surface area contributed by atoms with E-state index in [1.165, 1.54) is 0 Å². The molecular weight excluding hydrogens is 300 g/mol. The van der Waals surface area contributed by atoms with E-state index in [0.717, 1.165) is 29.4 Å².